The highest BCUT2D eigenvalue weighted by atomic mass is 16.5. The van der Waals surface area contributed by atoms with Crippen LogP contribution in [0, 0.1) is 0 Å². The molecule has 3 rings (SSSR count). The standard InChI is InChI=1S/C24H25NO5/c1-15-20(23(27)29-2)21(17-12-8-5-9-13-17)22(24(28)30-3)18(25-15)14-19(26)16-10-6-4-7-11-16/h4-13,19,21,25-26H,14H2,1-3H3. The molecule has 2 atom stereocenters. The number of hydrogen-bond donors (Lipinski definition) is 2. The molecular weight excluding hydrogens is 382 g/mol. The van der Waals surface area contributed by atoms with Gasteiger partial charge in [0.05, 0.1) is 37.4 Å². The van der Waals surface area contributed by atoms with Crippen molar-refractivity contribution in [2.75, 3.05) is 14.2 Å². The first-order chi connectivity index (χ1) is 14.5. The maximum atomic E-state index is 12.9. The van der Waals surface area contributed by atoms with Gasteiger partial charge >= 0.3 is 11.9 Å². The number of rotatable bonds is 6. The molecule has 0 aliphatic carbocycles. The monoisotopic (exact) mass is 407 g/mol. The lowest BCUT2D eigenvalue weighted by Gasteiger charge is -2.32. The van der Waals surface area contributed by atoms with Crippen molar-refractivity contribution in [2.45, 2.75) is 25.4 Å². The van der Waals surface area contributed by atoms with Crippen LogP contribution >= 0.6 is 0 Å². The number of esters is 2. The predicted molar refractivity (Wildman–Crippen MR) is 112 cm³/mol. The number of ether oxygens (including phenoxy) is 2. The van der Waals surface area contributed by atoms with E-state index in [9.17, 15) is 14.7 Å². The molecule has 0 aromatic heterocycles. The number of dihydropyridines is 1. The highest BCUT2D eigenvalue weighted by Gasteiger charge is 2.38. The Bertz CT molecular complexity index is 979. The number of methoxy groups -OCH3 is 2. The van der Waals surface area contributed by atoms with Gasteiger partial charge in [-0.2, -0.15) is 0 Å². The predicted octanol–water partition coefficient (Wildman–Crippen LogP) is 3.37. The van der Waals surface area contributed by atoms with E-state index >= 15 is 0 Å². The van der Waals surface area contributed by atoms with Crippen LogP contribution in [0.25, 0.3) is 0 Å². The normalized spacial score (nSPS) is 17.3. The van der Waals surface area contributed by atoms with Gasteiger partial charge < -0.3 is 19.9 Å². The molecule has 0 fully saturated rings. The number of allylic oxidation sites excluding steroid dienone is 1. The molecule has 0 radical (unpaired) electrons. The Morgan fingerprint density at radius 1 is 0.933 bits per heavy atom. The van der Waals surface area contributed by atoms with E-state index in [0.29, 0.717) is 17.0 Å². The molecule has 156 valence electrons. The maximum Gasteiger partial charge on any atom is 0.336 e. The third-order valence-corrected chi connectivity index (χ3v) is 5.17. The molecule has 2 aromatic rings. The molecule has 1 heterocycles. The zero-order chi connectivity index (χ0) is 21.7. The van der Waals surface area contributed by atoms with Crippen LogP contribution in [0.3, 0.4) is 0 Å². The van der Waals surface area contributed by atoms with Gasteiger partial charge in [0, 0.05) is 17.8 Å². The smallest absolute Gasteiger partial charge is 0.336 e. The summed E-state index contributed by atoms with van der Waals surface area (Å²) in [6.45, 7) is 1.76. The highest BCUT2D eigenvalue weighted by Crippen LogP contribution is 2.41. The molecule has 1 aliphatic rings. The van der Waals surface area contributed by atoms with Gasteiger partial charge in [0.1, 0.15) is 0 Å². The van der Waals surface area contributed by atoms with Crippen molar-refractivity contribution in [3.8, 4) is 0 Å². The second-order valence-electron chi connectivity index (χ2n) is 7.01. The van der Waals surface area contributed by atoms with E-state index in [1.54, 1.807) is 6.92 Å². The quantitative estimate of drug-likeness (QED) is 0.715. The largest absolute Gasteiger partial charge is 0.466 e. The number of hydrogen-bond acceptors (Lipinski definition) is 6. The lowest BCUT2D eigenvalue weighted by molar-refractivity contribution is -0.137. The molecule has 30 heavy (non-hydrogen) atoms. The molecule has 0 spiro atoms. The summed E-state index contributed by atoms with van der Waals surface area (Å²) in [5.41, 5.74) is 3.18. The van der Waals surface area contributed by atoms with Crippen molar-refractivity contribution < 1.29 is 24.2 Å². The van der Waals surface area contributed by atoms with E-state index in [1.807, 2.05) is 60.7 Å². The lowest BCUT2D eigenvalue weighted by atomic mass is 9.79. The second kappa shape index (κ2) is 9.41. The van der Waals surface area contributed by atoms with Crippen LogP contribution in [-0.4, -0.2) is 31.3 Å². The zero-order valence-corrected chi connectivity index (χ0v) is 17.2. The Labute approximate surface area is 175 Å². The minimum atomic E-state index is -0.836. The minimum absolute atomic E-state index is 0.156. The summed E-state index contributed by atoms with van der Waals surface area (Å²) in [5.74, 6) is -1.77. The third kappa shape index (κ3) is 4.28. The number of benzene rings is 2. The van der Waals surface area contributed by atoms with E-state index in [0.717, 1.165) is 11.1 Å². The van der Waals surface area contributed by atoms with Crippen molar-refractivity contribution in [1.82, 2.24) is 5.32 Å². The summed E-state index contributed by atoms with van der Waals surface area (Å²) < 4.78 is 10.1. The third-order valence-electron chi connectivity index (χ3n) is 5.17. The number of aliphatic hydroxyl groups is 1. The molecular formula is C24H25NO5. The van der Waals surface area contributed by atoms with Crippen LogP contribution in [0.2, 0.25) is 0 Å². The summed E-state index contributed by atoms with van der Waals surface area (Å²) in [6, 6.07) is 18.4. The first-order valence-corrected chi connectivity index (χ1v) is 9.63. The fraction of sp³-hybridized carbons (Fsp3) is 0.250. The average molecular weight is 407 g/mol. The maximum absolute atomic E-state index is 12.9. The Kier molecular flexibility index (Phi) is 6.69. The first kappa shape index (κ1) is 21.3. The minimum Gasteiger partial charge on any atom is -0.466 e. The summed E-state index contributed by atoms with van der Waals surface area (Å²) in [4.78, 5) is 25.5. The van der Waals surface area contributed by atoms with E-state index in [4.69, 9.17) is 9.47 Å². The van der Waals surface area contributed by atoms with E-state index in [2.05, 4.69) is 5.32 Å². The summed E-state index contributed by atoms with van der Waals surface area (Å²) in [7, 11) is 2.60. The molecule has 6 heteroatoms. The van der Waals surface area contributed by atoms with Gasteiger partial charge in [-0.25, -0.2) is 9.59 Å². The summed E-state index contributed by atoms with van der Waals surface area (Å²) in [6.07, 6.45) is -0.680. The van der Waals surface area contributed by atoms with Crippen LogP contribution in [0.1, 0.15) is 36.5 Å². The van der Waals surface area contributed by atoms with Gasteiger partial charge in [-0.3, -0.25) is 0 Å². The number of aliphatic hydroxyl groups excluding tert-OH is 1. The van der Waals surface area contributed by atoms with Crippen LogP contribution in [0.5, 0.6) is 0 Å². The average Bonchev–Trinajstić information content (AvgIpc) is 2.78. The number of carbonyl (C=O) groups excluding carboxylic acids is 2. The van der Waals surface area contributed by atoms with Crippen molar-refractivity contribution in [1.29, 1.82) is 0 Å². The lowest BCUT2D eigenvalue weighted by Crippen LogP contribution is -2.33. The van der Waals surface area contributed by atoms with Gasteiger partial charge in [0.25, 0.3) is 0 Å². The van der Waals surface area contributed by atoms with Gasteiger partial charge in [-0.15, -0.1) is 0 Å². The summed E-state index contributed by atoms with van der Waals surface area (Å²) in [5, 5.41) is 13.9. The molecule has 2 unspecified atom stereocenters. The first-order valence-electron chi connectivity index (χ1n) is 9.63. The highest BCUT2D eigenvalue weighted by molar-refractivity contribution is 5.99. The molecule has 0 amide bonds. The Hall–Kier alpha value is -3.38. The molecule has 2 N–H and O–H groups in total. The molecule has 0 saturated heterocycles. The van der Waals surface area contributed by atoms with Crippen LogP contribution in [0.15, 0.2) is 83.2 Å². The van der Waals surface area contributed by atoms with Crippen molar-refractivity contribution in [3.05, 3.63) is 94.3 Å². The molecule has 0 bridgehead atoms. The number of nitrogens with one attached hydrogen (secondary N) is 1. The van der Waals surface area contributed by atoms with Crippen molar-refractivity contribution in [3.63, 3.8) is 0 Å². The second-order valence-corrected chi connectivity index (χ2v) is 7.01. The number of carbonyl (C=O) groups is 2. The SMILES string of the molecule is COC(=O)C1=C(C)NC(CC(O)c2ccccc2)=C(C(=O)OC)C1c1ccccc1. The van der Waals surface area contributed by atoms with E-state index in [-0.39, 0.29) is 12.0 Å². The zero-order valence-electron chi connectivity index (χ0n) is 17.2. The van der Waals surface area contributed by atoms with Gasteiger partial charge in [0.15, 0.2) is 0 Å². The molecule has 1 aliphatic heterocycles. The van der Waals surface area contributed by atoms with Gasteiger partial charge in [0.2, 0.25) is 0 Å². The van der Waals surface area contributed by atoms with Crippen LogP contribution in [-0.2, 0) is 19.1 Å². The fourth-order valence-corrected chi connectivity index (χ4v) is 3.75. The Balaban J connectivity index is 2.14. The van der Waals surface area contributed by atoms with E-state index in [1.165, 1.54) is 14.2 Å². The fourth-order valence-electron chi connectivity index (χ4n) is 3.75. The van der Waals surface area contributed by atoms with E-state index < -0.39 is 24.0 Å². The van der Waals surface area contributed by atoms with Gasteiger partial charge in [-0.05, 0) is 18.1 Å². The molecule has 2 aromatic carbocycles. The van der Waals surface area contributed by atoms with Crippen LogP contribution in [0.4, 0.5) is 0 Å². The Morgan fingerprint density at radius 2 is 1.47 bits per heavy atom. The van der Waals surface area contributed by atoms with Crippen molar-refractivity contribution in [2.24, 2.45) is 0 Å². The topological polar surface area (TPSA) is 84.9 Å². The summed E-state index contributed by atoms with van der Waals surface area (Å²) >= 11 is 0. The molecule has 6 nitrogen and oxygen atoms in total. The molecule has 0 saturated carbocycles. The van der Waals surface area contributed by atoms with Crippen molar-refractivity contribution >= 4 is 11.9 Å². The van der Waals surface area contributed by atoms with Crippen LogP contribution < -0.4 is 5.32 Å². The Morgan fingerprint density at radius 3 is 2.03 bits per heavy atom. The van der Waals surface area contributed by atoms with Gasteiger partial charge in [-0.1, -0.05) is 60.7 Å².